The first-order valence-corrected chi connectivity index (χ1v) is 7.62. The van der Waals surface area contributed by atoms with Crippen molar-refractivity contribution in [3.05, 3.63) is 0 Å². The van der Waals surface area contributed by atoms with E-state index in [1.807, 2.05) is 9.80 Å². The van der Waals surface area contributed by atoms with E-state index in [0.29, 0.717) is 25.7 Å². The van der Waals surface area contributed by atoms with Crippen LogP contribution >= 0.6 is 0 Å². The number of carbonyl (C=O) groups is 2. The summed E-state index contributed by atoms with van der Waals surface area (Å²) in [6.07, 6.45) is 1.21. The predicted molar refractivity (Wildman–Crippen MR) is 79.3 cm³/mol. The van der Waals surface area contributed by atoms with Crippen LogP contribution in [0.1, 0.15) is 12.8 Å². The van der Waals surface area contributed by atoms with Gasteiger partial charge in [0.1, 0.15) is 0 Å². The molecule has 0 aromatic heterocycles. The maximum absolute atomic E-state index is 12.5. The van der Waals surface area contributed by atoms with E-state index in [1.165, 1.54) is 0 Å². The third-order valence-electron chi connectivity index (χ3n) is 4.45. The van der Waals surface area contributed by atoms with Crippen LogP contribution in [0.4, 0.5) is 4.79 Å². The van der Waals surface area contributed by atoms with Crippen molar-refractivity contribution in [2.75, 3.05) is 59.9 Å². The number of hydrogen-bond donors (Lipinski definition) is 1. The highest BCUT2D eigenvalue weighted by molar-refractivity contribution is 5.75. The monoisotopic (exact) mass is 298 g/mol. The molecule has 2 fully saturated rings. The number of likely N-dealkylation sites (tertiary alicyclic amines) is 1. The van der Waals surface area contributed by atoms with Crippen LogP contribution in [-0.4, -0.2) is 103 Å². The van der Waals surface area contributed by atoms with Gasteiger partial charge in [-0.1, -0.05) is 0 Å². The van der Waals surface area contributed by atoms with Crippen molar-refractivity contribution in [2.45, 2.75) is 18.9 Å². The number of carbonyl (C=O) groups excluding carboxylic acids is 1. The first-order chi connectivity index (χ1) is 9.97. The molecule has 0 bridgehead atoms. The fourth-order valence-corrected chi connectivity index (χ4v) is 2.95. The Morgan fingerprint density at radius 2 is 1.76 bits per heavy atom. The lowest BCUT2D eigenvalue weighted by Crippen LogP contribution is -2.53. The largest absolute Gasteiger partial charge is 0.481 e. The molecular formula is C14H26N4O3. The average Bonchev–Trinajstić information content (AvgIpc) is 2.95. The first-order valence-electron chi connectivity index (χ1n) is 7.62. The molecule has 0 radical (unpaired) electrons. The lowest BCUT2D eigenvalue weighted by Gasteiger charge is -2.36. The third-order valence-corrected chi connectivity index (χ3v) is 4.45. The average molecular weight is 298 g/mol. The molecule has 0 aromatic carbocycles. The summed E-state index contributed by atoms with van der Waals surface area (Å²) in [6.45, 7) is 5.15. The van der Waals surface area contributed by atoms with Gasteiger partial charge in [0.15, 0.2) is 0 Å². The number of rotatable bonds is 4. The SMILES string of the molecule is CN(C)C1CCN(C(=O)N2CCN(CCC(=O)O)CC2)C1. The van der Waals surface area contributed by atoms with Crippen molar-refractivity contribution in [1.82, 2.24) is 19.6 Å². The van der Waals surface area contributed by atoms with E-state index < -0.39 is 5.97 Å². The minimum atomic E-state index is -0.764. The molecular weight excluding hydrogens is 272 g/mol. The van der Waals surface area contributed by atoms with Gasteiger partial charge >= 0.3 is 12.0 Å². The van der Waals surface area contributed by atoms with E-state index in [-0.39, 0.29) is 12.5 Å². The minimum Gasteiger partial charge on any atom is -0.481 e. The van der Waals surface area contributed by atoms with Crippen molar-refractivity contribution in [3.8, 4) is 0 Å². The van der Waals surface area contributed by atoms with E-state index >= 15 is 0 Å². The summed E-state index contributed by atoms with van der Waals surface area (Å²) in [7, 11) is 4.11. The van der Waals surface area contributed by atoms with Crippen LogP contribution in [-0.2, 0) is 4.79 Å². The molecule has 0 saturated carbocycles. The van der Waals surface area contributed by atoms with Gasteiger partial charge in [0, 0.05) is 51.9 Å². The van der Waals surface area contributed by atoms with Crippen LogP contribution in [0, 0.1) is 0 Å². The predicted octanol–water partition coefficient (Wildman–Crippen LogP) is -0.165. The van der Waals surface area contributed by atoms with Gasteiger partial charge in [-0.05, 0) is 20.5 Å². The summed E-state index contributed by atoms with van der Waals surface area (Å²) in [4.78, 5) is 31.2. The molecule has 0 aliphatic carbocycles. The number of amides is 2. The quantitative estimate of drug-likeness (QED) is 0.781. The summed E-state index contributed by atoms with van der Waals surface area (Å²) in [5, 5.41) is 8.70. The van der Waals surface area contributed by atoms with Crippen molar-refractivity contribution >= 4 is 12.0 Å². The van der Waals surface area contributed by atoms with Crippen molar-refractivity contribution < 1.29 is 14.7 Å². The second-order valence-electron chi connectivity index (χ2n) is 6.11. The smallest absolute Gasteiger partial charge is 0.320 e. The van der Waals surface area contributed by atoms with Crippen LogP contribution in [0.5, 0.6) is 0 Å². The van der Waals surface area contributed by atoms with Crippen LogP contribution in [0.15, 0.2) is 0 Å². The number of hydrogen-bond acceptors (Lipinski definition) is 4. The van der Waals surface area contributed by atoms with Crippen molar-refractivity contribution in [3.63, 3.8) is 0 Å². The van der Waals surface area contributed by atoms with Gasteiger partial charge in [0.2, 0.25) is 0 Å². The van der Waals surface area contributed by atoms with Gasteiger partial charge in [-0.25, -0.2) is 4.79 Å². The van der Waals surface area contributed by atoms with E-state index in [1.54, 1.807) is 0 Å². The molecule has 2 aliphatic heterocycles. The molecule has 1 N–H and O–H groups in total. The van der Waals surface area contributed by atoms with Crippen molar-refractivity contribution in [2.24, 2.45) is 0 Å². The number of urea groups is 1. The van der Waals surface area contributed by atoms with Gasteiger partial charge in [0.25, 0.3) is 0 Å². The molecule has 1 unspecified atom stereocenters. The molecule has 21 heavy (non-hydrogen) atoms. The summed E-state index contributed by atoms with van der Waals surface area (Å²) >= 11 is 0. The summed E-state index contributed by atoms with van der Waals surface area (Å²) in [5.74, 6) is -0.764. The lowest BCUT2D eigenvalue weighted by atomic mass is 10.2. The summed E-state index contributed by atoms with van der Waals surface area (Å²) in [5.41, 5.74) is 0. The normalized spacial score (nSPS) is 23.9. The number of aliphatic carboxylic acids is 1. The fourth-order valence-electron chi connectivity index (χ4n) is 2.95. The topological polar surface area (TPSA) is 67.3 Å². The maximum atomic E-state index is 12.5. The second kappa shape index (κ2) is 7.09. The number of likely N-dealkylation sites (N-methyl/N-ethyl adjacent to an activating group) is 1. The molecule has 1 atom stereocenters. The molecule has 2 aliphatic rings. The highest BCUT2D eigenvalue weighted by Gasteiger charge is 2.31. The molecule has 0 aromatic rings. The number of carboxylic acid groups (broad SMARTS) is 1. The highest BCUT2D eigenvalue weighted by Crippen LogP contribution is 2.16. The van der Waals surface area contributed by atoms with Crippen LogP contribution in [0.25, 0.3) is 0 Å². The van der Waals surface area contributed by atoms with Gasteiger partial charge < -0.3 is 19.8 Å². The molecule has 7 nitrogen and oxygen atoms in total. The van der Waals surface area contributed by atoms with Crippen LogP contribution in [0.2, 0.25) is 0 Å². The van der Waals surface area contributed by atoms with Gasteiger partial charge in [0.05, 0.1) is 6.42 Å². The summed E-state index contributed by atoms with van der Waals surface area (Å²) in [6, 6.07) is 0.600. The summed E-state index contributed by atoms with van der Waals surface area (Å²) < 4.78 is 0. The molecule has 120 valence electrons. The molecule has 7 heteroatoms. The van der Waals surface area contributed by atoms with Gasteiger partial charge in [-0.15, -0.1) is 0 Å². The van der Waals surface area contributed by atoms with E-state index in [9.17, 15) is 9.59 Å². The Bertz CT molecular complexity index is 380. The molecule has 2 heterocycles. The third kappa shape index (κ3) is 4.31. The van der Waals surface area contributed by atoms with E-state index in [2.05, 4.69) is 23.9 Å². The lowest BCUT2D eigenvalue weighted by molar-refractivity contribution is -0.137. The first kappa shape index (κ1) is 16.0. The molecule has 2 amide bonds. The fraction of sp³-hybridized carbons (Fsp3) is 0.857. The van der Waals surface area contributed by atoms with Crippen molar-refractivity contribution in [1.29, 1.82) is 0 Å². The Kier molecular flexibility index (Phi) is 5.41. The van der Waals surface area contributed by atoms with Gasteiger partial charge in [-0.3, -0.25) is 9.69 Å². The second-order valence-corrected chi connectivity index (χ2v) is 6.11. The van der Waals surface area contributed by atoms with Gasteiger partial charge in [-0.2, -0.15) is 0 Å². The zero-order valence-electron chi connectivity index (χ0n) is 13.0. The Morgan fingerprint density at radius 1 is 1.10 bits per heavy atom. The number of nitrogens with zero attached hydrogens (tertiary/aromatic N) is 4. The minimum absolute atomic E-state index is 0.136. The maximum Gasteiger partial charge on any atom is 0.320 e. The Balaban J connectivity index is 1.74. The highest BCUT2D eigenvalue weighted by atomic mass is 16.4. The van der Waals surface area contributed by atoms with Crippen LogP contribution in [0.3, 0.4) is 0 Å². The molecule has 2 rings (SSSR count). The zero-order valence-corrected chi connectivity index (χ0v) is 13.0. The Labute approximate surface area is 126 Å². The standard InChI is InChI=1S/C14H26N4O3/c1-15(2)12-3-6-18(11-12)14(21)17-9-7-16(8-10-17)5-4-13(19)20/h12H,3-11H2,1-2H3,(H,19,20). The zero-order chi connectivity index (χ0) is 15.4. The Hall–Kier alpha value is -1.34. The van der Waals surface area contributed by atoms with E-state index in [4.69, 9.17) is 5.11 Å². The number of piperazine rings is 1. The number of carboxylic acids is 1. The van der Waals surface area contributed by atoms with Crippen LogP contribution < -0.4 is 0 Å². The molecule has 0 spiro atoms. The van der Waals surface area contributed by atoms with E-state index in [0.717, 1.165) is 32.6 Å². The molecule has 2 saturated heterocycles. The Morgan fingerprint density at radius 3 is 2.29 bits per heavy atom.